The Bertz CT molecular complexity index is 548. The fourth-order valence-corrected chi connectivity index (χ4v) is 3.50. The van der Waals surface area contributed by atoms with Gasteiger partial charge >= 0.3 is 0 Å². The van der Waals surface area contributed by atoms with Gasteiger partial charge < -0.3 is 14.6 Å². The molecule has 4 rings (SSSR count). The zero-order chi connectivity index (χ0) is 15.1. The highest BCUT2D eigenvalue weighted by molar-refractivity contribution is 5.89. The maximum absolute atomic E-state index is 12.5. The number of hydrogen-bond acceptors (Lipinski definition) is 3. The fourth-order valence-electron chi connectivity index (χ4n) is 3.50. The Kier molecular flexibility index (Phi) is 3.43. The molecule has 0 bridgehead atoms. The highest BCUT2D eigenvalue weighted by atomic mass is 16.3. The first-order chi connectivity index (χ1) is 10.7. The third kappa shape index (κ3) is 2.89. The van der Waals surface area contributed by atoms with Crippen LogP contribution in [-0.4, -0.2) is 29.3 Å². The molecule has 1 aromatic rings. The van der Waals surface area contributed by atoms with E-state index in [0.29, 0.717) is 37.4 Å². The summed E-state index contributed by atoms with van der Waals surface area (Å²) in [5, 5.41) is 3.24. The number of nitrogens with zero attached hydrogens (tertiary/aromatic N) is 1. The van der Waals surface area contributed by atoms with E-state index in [4.69, 9.17) is 4.42 Å². The van der Waals surface area contributed by atoms with Crippen LogP contribution in [0, 0.1) is 17.8 Å². The monoisotopic (exact) mass is 302 g/mol. The normalized spacial score (nSPS) is 25.0. The summed E-state index contributed by atoms with van der Waals surface area (Å²) in [5.74, 6) is 2.05. The molecule has 22 heavy (non-hydrogen) atoms. The summed E-state index contributed by atoms with van der Waals surface area (Å²) in [5.41, 5.74) is 0. The molecule has 118 valence electrons. The van der Waals surface area contributed by atoms with Gasteiger partial charge in [0, 0.05) is 19.0 Å². The van der Waals surface area contributed by atoms with Crippen molar-refractivity contribution in [3.63, 3.8) is 0 Å². The number of carbonyl (C=O) groups is 2. The van der Waals surface area contributed by atoms with Crippen molar-refractivity contribution in [2.75, 3.05) is 6.54 Å². The summed E-state index contributed by atoms with van der Waals surface area (Å²) in [6.45, 7) is 0.970. The van der Waals surface area contributed by atoms with Crippen LogP contribution in [0.2, 0.25) is 0 Å². The number of likely N-dealkylation sites (tertiary alicyclic amines) is 1. The first-order valence-corrected chi connectivity index (χ1v) is 8.31. The van der Waals surface area contributed by atoms with Crippen molar-refractivity contribution in [3.05, 3.63) is 24.2 Å². The topological polar surface area (TPSA) is 62.6 Å². The molecule has 3 aliphatic rings. The summed E-state index contributed by atoms with van der Waals surface area (Å²) >= 11 is 0. The summed E-state index contributed by atoms with van der Waals surface area (Å²) < 4.78 is 5.29. The van der Waals surface area contributed by atoms with Gasteiger partial charge in [-0.15, -0.1) is 0 Å². The molecular weight excluding hydrogens is 280 g/mol. The van der Waals surface area contributed by atoms with E-state index in [9.17, 15) is 9.59 Å². The minimum atomic E-state index is -0.206. The second-order valence-electron chi connectivity index (χ2n) is 6.96. The number of rotatable bonds is 6. The Morgan fingerprint density at radius 3 is 2.64 bits per heavy atom. The van der Waals surface area contributed by atoms with Crippen LogP contribution in [0.15, 0.2) is 22.8 Å². The molecule has 1 aromatic heterocycles. The molecule has 5 nitrogen and oxygen atoms in total. The van der Waals surface area contributed by atoms with Crippen LogP contribution in [0.25, 0.3) is 0 Å². The Morgan fingerprint density at radius 1 is 1.32 bits per heavy atom. The third-order valence-corrected chi connectivity index (χ3v) is 5.08. The van der Waals surface area contributed by atoms with Crippen LogP contribution in [0.1, 0.15) is 37.9 Å². The summed E-state index contributed by atoms with van der Waals surface area (Å²) in [4.78, 5) is 26.3. The fraction of sp³-hybridized carbons (Fsp3) is 0.647. The standard InChI is InChI=1S/C17H22N2O3/c20-15-8-13(9-19(15)10-14-2-1-7-22-14)17(21)18-16(11-3-4-11)12-5-6-12/h1-2,7,11-13,16H,3-6,8-10H2,(H,18,21)/t13-/m0/s1. The van der Waals surface area contributed by atoms with Gasteiger partial charge in [-0.3, -0.25) is 9.59 Å². The Hall–Kier alpha value is -1.78. The third-order valence-electron chi connectivity index (χ3n) is 5.08. The van der Waals surface area contributed by atoms with Crippen molar-refractivity contribution in [1.82, 2.24) is 10.2 Å². The van der Waals surface area contributed by atoms with Gasteiger partial charge in [0.15, 0.2) is 0 Å². The number of hydrogen-bond donors (Lipinski definition) is 1. The van der Waals surface area contributed by atoms with Crippen molar-refractivity contribution in [3.8, 4) is 0 Å². The molecular formula is C17H22N2O3. The van der Waals surface area contributed by atoms with Gasteiger partial charge in [0.2, 0.25) is 11.8 Å². The lowest BCUT2D eigenvalue weighted by atomic mass is 10.0. The molecule has 3 fully saturated rings. The van der Waals surface area contributed by atoms with Crippen LogP contribution in [0.4, 0.5) is 0 Å². The van der Waals surface area contributed by atoms with Gasteiger partial charge in [-0.25, -0.2) is 0 Å². The smallest absolute Gasteiger partial charge is 0.225 e. The molecule has 1 N–H and O–H groups in total. The van der Waals surface area contributed by atoms with E-state index in [1.54, 1.807) is 11.2 Å². The molecule has 2 aliphatic carbocycles. The Labute approximate surface area is 130 Å². The second kappa shape index (κ2) is 5.45. The summed E-state index contributed by atoms with van der Waals surface area (Å²) in [6, 6.07) is 4.04. The van der Waals surface area contributed by atoms with Crippen LogP contribution in [0.5, 0.6) is 0 Å². The maximum atomic E-state index is 12.5. The average Bonchev–Trinajstić information content (AvgIpc) is 3.43. The van der Waals surface area contributed by atoms with Crippen molar-refractivity contribution in [1.29, 1.82) is 0 Å². The van der Waals surface area contributed by atoms with E-state index < -0.39 is 0 Å². The van der Waals surface area contributed by atoms with Crippen molar-refractivity contribution in [2.24, 2.45) is 17.8 Å². The molecule has 0 aromatic carbocycles. The SMILES string of the molecule is O=C(NC(C1CC1)C1CC1)[C@H]1CC(=O)N(Cc2ccco2)C1. The molecule has 1 atom stereocenters. The van der Waals surface area contributed by atoms with Crippen molar-refractivity contribution < 1.29 is 14.0 Å². The first kappa shape index (κ1) is 13.9. The summed E-state index contributed by atoms with van der Waals surface area (Å²) in [6.07, 6.45) is 6.92. The molecule has 2 amide bonds. The Balaban J connectivity index is 1.34. The zero-order valence-corrected chi connectivity index (χ0v) is 12.7. The largest absolute Gasteiger partial charge is 0.467 e. The van der Waals surface area contributed by atoms with Gasteiger partial charge in [0.05, 0.1) is 18.7 Å². The lowest BCUT2D eigenvalue weighted by molar-refractivity contribution is -0.129. The van der Waals surface area contributed by atoms with E-state index in [1.165, 1.54) is 25.7 Å². The molecule has 2 heterocycles. The highest BCUT2D eigenvalue weighted by Crippen LogP contribution is 2.44. The van der Waals surface area contributed by atoms with Gasteiger partial charge in [-0.05, 0) is 49.7 Å². The van der Waals surface area contributed by atoms with Gasteiger partial charge in [-0.2, -0.15) is 0 Å². The lowest BCUT2D eigenvalue weighted by Crippen LogP contribution is -2.42. The van der Waals surface area contributed by atoms with Gasteiger partial charge in [0.25, 0.3) is 0 Å². The van der Waals surface area contributed by atoms with E-state index in [-0.39, 0.29) is 17.7 Å². The van der Waals surface area contributed by atoms with Crippen LogP contribution in [-0.2, 0) is 16.1 Å². The molecule has 0 spiro atoms. The van der Waals surface area contributed by atoms with Crippen LogP contribution >= 0.6 is 0 Å². The first-order valence-electron chi connectivity index (χ1n) is 8.31. The number of amides is 2. The average molecular weight is 302 g/mol. The number of carbonyl (C=O) groups excluding carboxylic acids is 2. The molecule has 1 aliphatic heterocycles. The van der Waals surface area contributed by atoms with E-state index in [2.05, 4.69) is 5.32 Å². The predicted molar refractivity (Wildman–Crippen MR) is 79.6 cm³/mol. The second-order valence-corrected chi connectivity index (χ2v) is 6.96. The van der Waals surface area contributed by atoms with Crippen LogP contribution < -0.4 is 5.32 Å². The van der Waals surface area contributed by atoms with Gasteiger partial charge in [0.1, 0.15) is 5.76 Å². The number of nitrogens with one attached hydrogen (secondary N) is 1. The predicted octanol–water partition coefficient (Wildman–Crippen LogP) is 1.93. The molecule has 0 unspecified atom stereocenters. The van der Waals surface area contributed by atoms with Crippen molar-refractivity contribution in [2.45, 2.75) is 44.7 Å². The molecule has 5 heteroatoms. The molecule has 0 radical (unpaired) electrons. The van der Waals surface area contributed by atoms with E-state index >= 15 is 0 Å². The highest BCUT2D eigenvalue weighted by Gasteiger charge is 2.44. The Morgan fingerprint density at radius 2 is 2.05 bits per heavy atom. The maximum Gasteiger partial charge on any atom is 0.225 e. The lowest BCUT2D eigenvalue weighted by Gasteiger charge is -2.20. The molecule has 2 saturated carbocycles. The zero-order valence-electron chi connectivity index (χ0n) is 12.7. The van der Waals surface area contributed by atoms with E-state index in [1.807, 2.05) is 12.1 Å². The number of furan rings is 1. The minimum absolute atomic E-state index is 0.0472. The van der Waals surface area contributed by atoms with E-state index in [0.717, 1.165) is 5.76 Å². The van der Waals surface area contributed by atoms with Gasteiger partial charge in [-0.1, -0.05) is 0 Å². The van der Waals surface area contributed by atoms with Crippen LogP contribution in [0.3, 0.4) is 0 Å². The quantitative estimate of drug-likeness (QED) is 0.873. The van der Waals surface area contributed by atoms with Crippen molar-refractivity contribution >= 4 is 11.8 Å². The molecule has 1 saturated heterocycles. The minimum Gasteiger partial charge on any atom is -0.467 e. The summed E-state index contributed by atoms with van der Waals surface area (Å²) in [7, 11) is 0.